The van der Waals surface area contributed by atoms with Crippen molar-refractivity contribution in [3.63, 3.8) is 0 Å². The van der Waals surface area contributed by atoms with Crippen molar-refractivity contribution in [3.8, 4) is 0 Å². The summed E-state index contributed by atoms with van der Waals surface area (Å²) in [6.45, 7) is 0. The summed E-state index contributed by atoms with van der Waals surface area (Å²) >= 11 is 0. The lowest BCUT2D eigenvalue weighted by Gasteiger charge is -2.09. The molecule has 108 valence electrons. The van der Waals surface area contributed by atoms with E-state index in [0.29, 0.717) is 5.69 Å². The molecule has 2 rings (SSSR count). The molecular weight excluding hydrogens is 277 g/mol. The SMILES string of the molecule is COC(=O)c1cc(F)ccc1NC(=O)c1ccc(N)cn1. The van der Waals surface area contributed by atoms with Crippen molar-refractivity contribution in [1.29, 1.82) is 0 Å². The van der Waals surface area contributed by atoms with E-state index in [1.165, 1.54) is 31.5 Å². The Kier molecular flexibility index (Phi) is 4.13. The first-order chi connectivity index (χ1) is 10.0. The van der Waals surface area contributed by atoms with Crippen LogP contribution in [0.5, 0.6) is 0 Å². The quantitative estimate of drug-likeness (QED) is 0.841. The number of nitrogens with one attached hydrogen (secondary N) is 1. The number of benzene rings is 1. The van der Waals surface area contributed by atoms with Crippen LogP contribution in [-0.2, 0) is 4.74 Å². The molecule has 0 bridgehead atoms. The highest BCUT2D eigenvalue weighted by Crippen LogP contribution is 2.19. The predicted octanol–water partition coefficient (Wildman–Crippen LogP) is 1.84. The van der Waals surface area contributed by atoms with Crippen LogP contribution in [0.15, 0.2) is 36.5 Å². The van der Waals surface area contributed by atoms with Gasteiger partial charge in [-0.05, 0) is 30.3 Å². The summed E-state index contributed by atoms with van der Waals surface area (Å²) in [5.74, 6) is -1.92. The summed E-state index contributed by atoms with van der Waals surface area (Å²) in [4.78, 5) is 27.4. The van der Waals surface area contributed by atoms with Crippen LogP contribution in [0, 0.1) is 5.82 Å². The number of nitrogens with zero attached hydrogens (tertiary/aromatic N) is 1. The fraction of sp³-hybridized carbons (Fsp3) is 0.0714. The Labute approximate surface area is 119 Å². The van der Waals surface area contributed by atoms with Gasteiger partial charge in [-0.3, -0.25) is 4.79 Å². The van der Waals surface area contributed by atoms with Gasteiger partial charge in [-0.1, -0.05) is 0 Å². The van der Waals surface area contributed by atoms with Gasteiger partial charge in [-0.25, -0.2) is 14.2 Å². The highest BCUT2D eigenvalue weighted by atomic mass is 19.1. The van der Waals surface area contributed by atoms with Crippen LogP contribution in [0.4, 0.5) is 15.8 Å². The van der Waals surface area contributed by atoms with Crippen LogP contribution in [0.2, 0.25) is 0 Å². The zero-order valence-corrected chi connectivity index (χ0v) is 11.1. The number of anilines is 2. The van der Waals surface area contributed by atoms with Crippen molar-refractivity contribution >= 4 is 23.3 Å². The molecule has 6 nitrogen and oxygen atoms in total. The molecular formula is C14H12FN3O3. The van der Waals surface area contributed by atoms with Crippen LogP contribution in [0.1, 0.15) is 20.8 Å². The van der Waals surface area contributed by atoms with Crippen LogP contribution in [-0.4, -0.2) is 24.0 Å². The first kappa shape index (κ1) is 14.4. The Balaban J connectivity index is 2.28. The topological polar surface area (TPSA) is 94.3 Å². The molecule has 0 fully saturated rings. The smallest absolute Gasteiger partial charge is 0.340 e. The maximum Gasteiger partial charge on any atom is 0.340 e. The summed E-state index contributed by atoms with van der Waals surface area (Å²) in [5, 5.41) is 2.48. The maximum atomic E-state index is 13.2. The lowest BCUT2D eigenvalue weighted by molar-refractivity contribution is 0.0601. The molecule has 0 atom stereocenters. The molecule has 21 heavy (non-hydrogen) atoms. The zero-order valence-electron chi connectivity index (χ0n) is 11.1. The second-order valence-electron chi connectivity index (χ2n) is 4.11. The fourth-order valence-electron chi connectivity index (χ4n) is 1.63. The van der Waals surface area contributed by atoms with Gasteiger partial charge < -0.3 is 15.8 Å². The van der Waals surface area contributed by atoms with E-state index in [0.717, 1.165) is 12.1 Å². The number of pyridine rings is 1. The van der Waals surface area contributed by atoms with Gasteiger partial charge in [-0.2, -0.15) is 0 Å². The second-order valence-corrected chi connectivity index (χ2v) is 4.11. The van der Waals surface area contributed by atoms with E-state index in [-0.39, 0.29) is 16.9 Å². The predicted molar refractivity (Wildman–Crippen MR) is 74.3 cm³/mol. The van der Waals surface area contributed by atoms with E-state index < -0.39 is 17.7 Å². The average Bonchev–Trinajstić information content (AvgIpc) is 2.48. The number of aromatic nitrogens is 1. The molecule has 1 aromatic heterocycles. The summed E-state index contributed by atoms with van der Waals surface area (Å²) in [5.41, 5.74) is 6.07. The van der Waals surface area contributed by atoms with Gasteiger partial charge in [0.1, 0.15) is 11.5 Å². The minimum Gasteiger partial charge on any atom is -0.465 e. The number of nitrogens with two attached hydrogens (primary N) is 1. The number of hydrogen-bond acceptors (Lipinski definition) is 5. The number of methoxy groups -OCH3 is 1. The Hall–Kier alpha value is -2.96. The number of amides is 1. The Morgan fingerprint density at radius 3 is 2.67 bits per heavy atom. The van der Waals surface area contributed by atoms with Gasteiger partial charge in [0.2, 0.25) is 0 Å². The van der Waals surface area contributed by atoms with Crippen molar-refractivity contribution in [2.75, 3.05) is 18.2 Å². The molecule has 7 heteroatoms. The van der Waals surface area contributed by atoms with Gasteiger partial charge in [0.15, 0.2) is 0 Å². The van der Waals surface area contributed by atoms with E-state index in [2.05, 4.69) is 15.0 Å². The standard InChI is InChI=1S/C14H12FN3O3/c1-21-14(20)10-6-8(15)2-4-11(10)18-13(19)12-5-3-9(16)7-17-12/h2-7H,16H2,1H3,(H,18,19). The van der Waals surface area contributed by atoms with Crippen LogP contribution < -0.4 is 11.1 Å². The minimum atomic E-state index is -0.755. The van der Waals surface area contributed by atoms with Gasteiger partial charge in [0.25, 0.3) is 5.91 Å². The maximum absolute atomic E-state index is 13.2. The van der Waals surface area contributed by atoms with E-state index in [4.69, 9.17) is 5.73 Å². The van der Waals surface area contributed by atoms with E-state index >= 15 is 0 Å². The largest absolute Gasteiger partial charge is 0.465 e. The molecule has 0 radical (unpaired) electrons. The normalized spacial score (nSPS) is 10.0. The third-order valence-electron chi connectivity index (χ3n) is 2.65. The number of rotatable bonds is 3. The molecule has 0 aliphatic carbocycles. The van der Waals surface area contributed by atoms with Gasteiger partial charge in [-0.15, -0.1) is 0 Å². The van der Waals surface area contributed by atoms with Gasteiger partial charge >= 0.3 is 5.97 Å². The monoisotopic (exact) mass is 289 g/mol. The number of hydrogen-bond donors (Lipinski definition) is 2. The first-order valence-electron chi connectivity index (χ1n) is 5.92. The lowest BCUT2D eigenvalue weighted by Crippen LogP contribution is -2.16. The minimum absolute atomic E-state index is 0.0821. The molecule has 0 unspecified atom stereocenters. The molecule has 2 aromatic rings. The summed E-state index contributed by atoms with van der Waals surface area (Å²) in [6.07, 6.45) is 1.33. The number of carbonyl (C=O) groups excluding carboxylic acids is 2. The average molecular weight is 289 g/mol. The van der Waals surface area contributed by atoms with Crippen LogP contribution in [0.3, 0.4) is 0 Å². The zero-order chi connectivity index (χ0) is 15.4. The molecule has 0 spiro atoms. The van der Waals surface area contributed by atoms with Crippen molar-refractivity contribution in [2.45, 2.75) is 0 Å². The van der Waals surface area contributed by atoms with Crippen molar-refractivity contribution < 1.29 is 18.7 Å². The molecule has 0 aliphatic heterocycles. The Morgan fingerprint density at radius 2 is 2.05 bits per heavy atom. The number of carbonyl (C=O) groups is 2. The molecule has 0 saturated carbocycles. The third kappa shape index (κ3) is 3.33. The number of ether oxygens (including phenoxy) is 1. The van der Waals surface area contributed by atoms with Crippen molar-refractivity contribution in [1.82, 2.24) is 4.98 Å². The fourth-order valence-corrected chi connectivity index (χ4v) is 1.63. The summed E-state index contributed by atoms with van der Waals surface area (Å²) in [6, 6.07) is 6.34. The Morgan fingerprint density at radius 1 is 1.29 bits per heavy atom. The van der Waals surface area contributed by atoms with E-state index in [1.54, 1.807) is 0 Å². The molecule has 0 aliphatic rings. The van der Waals surface area contributed by atoms with Crippen molar-refractivity contribution in [2.24, 2.45) is 0 Å². The molecule has 1 amide bonds. The van der Waals surface area contributed by atoms with Crippen LogP contribution >= 0.6 is 0 Å². The summed E-state index contributed by atoms with van der Waals surface area (Å²) in [7, 11) is 1.17. The Bertz CT molecular complexity index is 686. The second kappa shape index (κ2) is 6.00. The van der Waals surface area contributed by atoms with Gasteiger partial charge in [0, 0.05) is 0 Å². The number of esters is 1. The van der Waals surface area contributed by atoms with E-state index in [9.17, 15) is 14.0 Å². The molecule has 0 saturated heterocycles. The molecule has 1 aromatic carbocycles. The van der Waals surface area contributed by atoms with Crippen LogP contribution in [0.25, 0.3) is 0 Å². The van der Waals surface area contributed by atoms with Crippen molar-refractivity contribution in [3.05, 3.63) is 53.6 Å². The number of halogens is 1. The summed E-state index contributed by atoms with van der Waals surface area (Å²) < 4.78 is 17.7. The first-order valence-corrected chi connectivity index (χ1v) is 5.92. The highest BCUT2D eigenvalue weighted by Gasteiger charge is 2.16. The van der Waals surface area contributed by atoms with E-state index in [1.807, 2.05) is 0 Å². The number of nitrogen functional groups attached to an aromatic ring is 1. The third-order valence-corrected chi connectivity index (χ3v) is 2.65. The molecule has 3 N–H and O–H groups in total. The highest BCUT2D eigenvalue weighted by molar-refractivity contribution is 6.07. The molecule has 1 heterocycles. The lowest BCUT2D eigenvalue weighted by atomic mass is 10.1. The van der Waals surface area contributed by atoms with Gasteiger partial charge in [0.05, 0.1) is 30.2 Å².